The lowest BCUT2D eigenvalue weighted by Gasteiger charge is -2.34. The lowest BCUT2D eigenvalue weighted by atomic mass is 9.70. The van der Waals surface area contributed by atoms with Gasteiger partial charge in [-0.15, -0.1) is 0 Å². The third kappa shape index (κ3) is 4.05. The van der Waals surface area contributed by atoms with Crippen molar-refractivity contribution in [1.29, 1.82) is 0 Å². The molecule has 0 nitrogen and oxygen atoms in total. The molecule has 1 atom stereocenters. The first kappa shape index (κ1) is 17.8. The predicted molar refractivity (Wildman–Crippen MR) is 103 cm³/mol. The summed E-state index contributed by atoms with van der Waals surface area (Å²) >= 11 is 0. The molecule has 1 aliphatic rings. The molecule has 0 saturated carbocycles. The second kappa shape index (κ2) is 6.91. The molecule has 0 amide bonds. The molecule has 1 aromatic rings. The predicted octanol–water partition coefficient (Wildman–Crippen LogP) is 6.77. The number of rotatable bonds is 5. The minimum atomic E-state index is 0.0680. The Bertz CT molecular complexity index is 606. The molecule has 23 heavy (non-hydrogen) atoms. The maximum atomic E-state index is 2.45. The normalized spacial score (nSPS) is 19.2. The molecule has 0 N–H and O–H groups in total. The van der Waals surface area contributed by atoms with Gasteiger partial charge in [-0.05, 0) is 42.2 Å². The van der Waals surface area contributed by atoms with E-state index >= 15 is 0 Å². The highest BCUT2D eigenvalue weighted by atomic mass is 14.3. The lowest BCUT2D eigenvalue weighted by Crippen LogP contribution is -2.25. The first-order chi connectivity index (χ1) is 10.8. The van der Waals surface area contributed by atoms with Crippen LogP contribution < -0.4 is 0 Å². The summed E-state index contributed by atoms with van der Waals surface area (Å²) in [7, 11) is 0. The Morgan fingerprint density at radius 1 is 1.09 bits per heavy atom. The second-order valence-corrected chi connectivity index (χ2v) is 7.98. The van der Waals surface area contributed by atoms with Crippen LogP contribution in [0.2, 0.25) is 0 Å². The van der Waals surface area contributed by atoms with Crippen molar-refractivity contribution >= 4 is 0 Å². The van der Waals surface area contributed by atoms with Crippen LogP contribution in [-0.2, 0) is 5.41 Å². The summed E-state index contributed by atoms with van der Waals surface area (Å²) in [5, 5.41) is 0. The Hall–Kier alpha value is -1.56. The fourth-order valence-corrected chi connectivity index (χ4v) is 3.32. The molecule has 124 valence electrons. The molecule has 0 saturated heterocycles. The lowest BCUT2D eigenvalue weighted by molar-refractivity contribution is 0.340. The van der Waals surface area contributed by atoms with Crippen molar-refractivity contribution in [3.63, 3.8) is 0 Å². The molecule has 2 rings (SSSR count). The minimum absolute atomic E-state index is 0.0680. The van der Waals surface area contributed by atoms with Crippen LogP contribution in [0.15, 0.2) is 60.2 Å². The zero-order valence-corrected chi connectivity index (χ0v) is 15.7. The van der Waals surface area contributed by atoms with Crippen LogP contribution in [0.25, 0.3) is 0 Å². The molecule has 0 fully saturated rings. The van der Waals surface area contributed by atoms with E-state index in [1.165, 1.54) is 16.7 Å². The van der Waals surface area contributed by atoms with Gasteiger partial charge in [0.1, 0.15) is 0 Å². The molecular weight excluding hydrogens is 276 g/mol. The molecule has 0 aliphatic heterocycles. The largest absolute Gasteiger partial charge is 0.0883 e. The van der Waals surface area contributed by atoms with Gasteiger partial charge in [0.25, 0.3) is 0 Å². The van der Waals surface area contributed by atoms with Crippen molar-refractivity contribution in [3.05, 3.63) is 71.3 Å². The van der Waals surface area contributed by atoms with Gasteiger partial charge in [0, 0.05) is 5.41 Å². The molecule has 0 radical (unpaired) electrons. The first-order valence-corrected chi connectivity index (χ1v) is 8.91. The number of allylic oxidation sites excluding steroid dienone is 6. The fraction of sp³-hybridized carbons (Fsp3) is 0.478. The maximum Gasteiger partial charge on any atom is 0.0143 e. The van der Waals surface area contributed by atoms with Gasteiger partial charge in [-0.2, -0.15) is 0 Å². The highest BCUT2D eigenvalue weighted by Crippen LogP contribution is 2.40. The minimum Gasteiger partial charge on any atom is -0.0883 e. The van der Waals surface area contributed by atoms with Gasteiger partial charge in [-0.25, -0.2) is 0 Å². The molecule has 1 aliphatic carbocycles. The van der Waals surface area contributed by atoms with Crippen molar-refractivity contribution in [2.75, 3.05) is 0 Å². The van der Waals surface area contributed by atoms with Crippen LogP contribution in [0.1, 0.15) is 58.6 Å². The summed E-state index contributed by atoms with van der Waals surface area (Å²) in [6, 6.07) is 8.96. The molecule has 0 bridgehead atoms. The smallest absolute Gasteiger partial charge is 0.0143 e. The Morgan fingerprint density at radius 3 is 2.26 bits per heavy atom. The van der Waals surface area contributed by atoms with Gasteiger partial charge in [0.15, 0.2) is 0 Å². The van der Waals surface area contributed by atoms with Crippen LogP contribution in [0, 0.1) is 18.3 Å². The van der Waals surface area contributed by atoms with Crippen LogP contribution in [0.3, 0.4) is 0 Å². The van der Waals surface area contributed by atoms with E-state index in [4.69, 9.17) is 0 Å². The average Bonchev–Trinajstić information content (AvgIpc) is 2.53. The first-order valence-electron chi connectivity index (χ1n) is 8.91. The van der Waals surface area contributed by atoms with Gasteiger partial charge in [-0.1, -0.05) is 94.8 Å². The number of hydrogen-bond donors (Lipinski definition) is 0. The van der Waals surface area contributed by atoms with Crippen molar-refractivity contribution < 1.29 is 0 Å². The number of hydrogen-bond acceptors (Lipinski definition) is 0. The van der Waals surface area contributed by atoms with Crippen LogP contribution in [0.4, 0.5) is 0 Å². The second-order valence-electron chi connectivity index (χ2n) is 7.98. The van der Waals surface area contributed by atoms with E-state index in [0.29, 0.717) is 5.92 Å². The van der Waals surface area contributed by atoms with Crippen molar-refractivity contribution in [1.82, 2.24) is 0 Å². The molecule has 0 heterocycles. The Labute approximate surface area is 143 Å². The van der Waals surface area contributed by atoms with Gasteiger partial charge in [-0.3, -0.25) is 0 Å². The van der Waals surface area contributed by atoms with Gasteiger partial charge >= 0.3 is 0 Å². The molecule has 0 aromatic heterocycles. The highest BCUT2D eigenvalue weighted by Gasteiger charge is 2.30. The quantitative estimate of drug-likeness (QED) is 0.527. The molecule has 0 heteroatoms. The summed E-state index contributed by atoms with van der Waals surface area (Å²) in [6.45, 7) is 13.7. The van der Waals surface area contributed by atoms with E-state index in [0.717, 1.165) is 12.8 Å². The summed E-state index contributed by atoms with van der Waals surface area (Å²) < 4.78 is 0. The summed E-state index contributed by atoms with van der Waals surface area (Å²) in [6.07, 6.45) is 14.1. The summed E-state index contributed by atoms with van der Waals surface area (Å²) in [5.74, 6) is 0.586. The van der Waals surface area contributed by atoms with Gasteiger partial charge < -0.3 is 0 Å². The monoisotopic (exact) mass is 308 g/mol. The third-order valence-electron chi connectivity index (χ3n) is 5.33. The Kier molecular flexibility index (Phi) is 5.34. The number of aryl methyl sites for hydroxylation is 1. The highest BCUT2D eigenvalue weighted by molar-refractivity contribution is 5.42. The zero-order valence-electron chi connectivity index (χ0n) is 15.7. The van der Waals surface area contributed by atoms with Gasteiger partial charge in [0.2, 0.25) is 0 Å². The maximum absolute atomic E-state index is 2.45. The molecular formula is C23H32. The average molecular weight is 309 g/mol. The van der Waals surface area contributed by atoms with E-state index in [2.05, 4.69) is 96.2 Å². The third-order valence-corrected chi connectivity index (χ3v) is 5.33. The molecule has 0 spiro atoms. The van der Waals surface area contributed by atoms with E-state index in [-0.39, 0.29) is 10.8 Å². The standard InChI is InChI=1S/C23H32/c1-7-8-17-22(3,4)19-13-15-21(16-14-19)23(5,6)20-11-9-18(2)10-12-20/h8-13,15-17,19H,7,14H2,1-6H3. The van der Waals surface area contributed by atoms with Gasteiger partial charge in [0.05, 0.1) is 0 Å². The van der Waals surface area contributed by atoms with E-state index in [1.54, 1.807) is 0 Å². The zero-order chi connectivity index (χ0) is 17.1. The summed E-state index contributed by atoms with van der Waals surface area (Å²) in [4.78, 5) is 0. The van der Waals surface area contributed by atoms with Crippen LogP contribution in [0.5, 0.6) is 0 Å². The molecule has 1 unspecified atom stereocenters. The SMILES string of the molecule is CCC=CC(C)(C)C1C=CC(C(C)(C)c2ccc(C)cc2)=CC1. The molecule has 1 aromatic carbocycles. The topological polar surface area (TPSA) is 0 Å². The van der Waals surface area contributed by atoms with E-state index < -0.39 is 0 Å². The van der Waals surface area contributed by atoms with Crippen LogP contribution in [-0.4, -0.2) is 0 Å². The van der Waals surface area contributed by atoms with Crippen LogP contribution >= 0.6 is 0 Å². The van der Waals surface area contributed by atoms with Crippen molar-refractivity contribution in [2.45, 2.75) is 59.8 Å². The van der Waals surface area contributed by atoms with E-state index in [1.807, 2.05) is 0 Å². The fourth-order valence-electron chi connectivity index (χ4n) is 3.32. The number of benzene rings is 1. The Morgan fingerprint density at radius 2 is 1.74 bits per heavy atom. The summed E-state index contributed by atoms with van der Waals surface area (Å²) in [5.41, 5.74) is 4.44. The van der Waals surface area contributed by atoms with Crippen molar-refractivity contribution in [3.8, 4) is 0 Å². The Balaban J connectivity index is 2.17. The van der Waals surface area contributed by atoms with E-state index in [9.17, 15) is 0 Å². The van der Waals surface area contributed by atoms with Crippen molar-refractivity contribution in [2.24, 2.45) is 11.3 Å².